The lowest BCUT2D eigenvalue weighted by Crippen LogP contribution is -2.34. The summed E-state index contributed by atoms with van der Waals surface area (Å²) in [6.45, 7) is 1.15. The molecule has 178 valence electrons. The third-order valence-corrected chi connectivity index (χ3v) is 4.83. The zero-order chi connectivity index (χ0) is 24.5. The monoisotopic (exact) mass is 465 g/mol. The largest absolute Gasteiger partial charge is 0.497 e. The number of aliphatic imine (C=N–C) groups is 1. The summed E-state index contributed by atoms with van der Waals surface area (Å²) in [5.41, 5.74) is 3.15. The van der Waals surface area contributed by atoms with Crippen molar-refractivity contribution in [1.29, 1.82) is 0 Å². The number of nitrogens with one attached hydrogen (secondary N) is 2. The summed E-state index contributed by atoms with van der Waals surface area (Å²) in [4.78, 5) is 49.0. The van der Waals surface area contributed by atoms with Crippen molar-refractivity contribution in [3.8, 4) is 5.75 Å². The molecule has 2 aromatic carbocycles. The highest BCUT2D eigenvalue weighted by molar-refractivity contribution is 6.45. The van der Waals surface area contributed by atoms with Crippen LogP contribution in [0.4, 0.5) is 5.69 Å². The van der Waals surface area contributed by atoms with E-state index in [1.54, 1.807) is 61.7 Å². The van der Waals surface area contributed by atoms with Gasteiger partial charge in [0.2, 0.25) is 0 Å². The molecule has 3 rings (SSSR count). The van der Waals surface area contributed by atoms with E-state index in [-0.39, 0.29) is 11.4 Å². The molecule has 0 bridgehead atoms. The van der Waals surface area contributed by atoms with Gasteiger partial charge < -0.3 is 19.8 Å². The van der Waals surface area contributed by atoms with Crippen LogP contribution in [0, 0.1) is 0 Å². The predicted octanol–water partition coefficient (Wildman–Crippen LogP) is 1.71. The van der Waals surface area contributed by atoms with Crippen LogP contribution < -0.4 is 20.7 Å². The molecule has 0 aliphatic carbocycles. The van der Waals surface area contributed by atoms with Gasteiger partial charge in [0.05, 0.1) is 12.8 Å². The maximum absolute atomic E-state index is 12.9. The van der Waals surface area contributed by atoms with E-state index >= 15 is 0 Å². The van der Waals surface area contributed by atoms with Crippen molar-refractivity contribution in [3.05, 3.63) is 71.9 Å². The highest BCUT2D eigenvalue weighted by atomic mass is 16.7. The maximum atomic E-state index is 12.9. The maximum Gasteiger partial charge on any atom is 0.376 e. The molecule has 0 unspecified atom stereocenters. The number of carbonyl (C=O) groups excluding carboxylic acids is 3. The first-order chi connectivity index (χ1) is 16.4. The number of rotatable bonds is 9. The average Bonchev–Trinajstić information content (AvgIpc) is 3.21. The van der Waals surface area contributed by atoms with Crippen LogP contribution in [0.1, 0.15) is 16.8 Å². The van der Waals surface area contributed by atoms with E-state index < -0.39 is 17.8 Å². The molecule has 10 heteroatoms. The lowest BCUT2D eigenvalue weighted by molar-refractivity contribution is -0.140. The van der Waals surface area contributed by atoms with Crippen LogP contribution in [0.2, 0.25) is 0 Å². The van der Waals surface area contributed by atoms with Gasteiger partial charge in [0, 0.05) is 18.2 Å². The Labute approximate surface area is 197 Å². The Morgan fingerprint density at radius 1 is 1.15 bits per heavy atom. The highest BCUT2D eigenvalue weighted by Gasteiger charge is 2.30. The third kappa shape index (κ3) is 6.50. The van der Waals surface area contributed by atoms with Gasteiger partial charge in [-0.1, -0.05) is 23.8 Å². The normalized spacial score (nSPS) is 14.9. The lowest BCUT2D eigenvalue weighted by atomic mass is 10.2. The highest BCUT2D eigenvalue weighted by Crippen LogP contribution is 2.24. The van der Waals surface area contributed by atoms with Gasteiger partial charge in [0.1, 0.15) is 11.5 Å². The minimum Gasteiger partial charge on any atom is -0.497 e. The number of nitrogens with zero attached hydrogens (tertiary/aromatic N) is 3. The van der Waals surface area contributed by atoms with E-state index in [2.05, 4.69) is 15.9 Å². The molecule has 2 amide bonds. The van der Waals surface area contributed by atoms with Crippen LogP contribution in [-0.4, -0.2) is 62.7 Å². The van der Waals surface area contributed by atoms with Crippen LogP contribution in [0.25, 0.3) is 0 Å². The predicted molar refractivity (Wildman–Crippen MR) is 127 cm³/mol. The zero-order valence-corrected chi connectivity index (χ0v) is 19.3. The van der Waals surface area contributed by atoms with Gasteiger partial charge in [0.15, 0.2) is 5.70 Å². The van der Waals surface area contributed by atoms with Gasteiger partial charge in [0.25, 0.3) is 11.8 Å². The van der Waals surface area contributed by atoms with Crippen molar-refractivity contribution >= 4 is 29.2 Å². The summed E-state index contributed by atoms with van der Waals surface area (Å²) in [5, 5.41) is 4.10. The average molecular weight is 466 g/mol. The molecule has 1 heterocycles. The van der Waals surface area contributed by atoms with Gasteiger partial charge in [-0.05, 0) is 63.5 Å². The Kier molecular flexibility index (Phi) is 8.49. The lowest BCUT2D eigenvalue weighted by Gasteiger charge is -2.16. The second-order valence-corrected chi connectivity index (χ2v) is 7.62. The second kappa shape index (κ2) is 11.7. The van der Waals surface area contributed by atoms with Crippen LogP contribution in [0.3, 0.4) is 0 Å². The first kappa shape index (κ1) is 24.6. The van der Waals surface area contributed by atoms with Crippen molar-refractivity contribution in [3.63, 3.8) is 0 Å². The molecule has 1 saturated heterocycles. The number of methoxy groups -OCH3 is 1. The summed E-state index contributed by atoms with van der Waals surface area (Å²) in [5.74, 6) is -1.28. The third-order valence-electron chi connectivity index (χ3n) is 4.83. The summed E-state index contributed by atoms with van der Waals surface area (Å²) in [7, 11) is 5.42. The number of hydrazine groups is 1. The molecule has 0 aromatic heterocycles. The summed E-state index contributed by atoms with van der Waals surface area (Å²) >= 11 is 0. The van der Waals surface area contributed by atoms with E-state index in [1.165, 1.54) is 11.1 Å². The fourth-order valence-electron chi connectivity index (χ4n) is 3.05. The molecular weight excluding hydrogens is 438 g/mol. The number of ether oxygens (including phenoxy) is 1. The number of anilines is 1. The topological polar surface area (TPSA) is 113 Å². The Morgan fingerprint density at radius 3 is 2.50 bits per heavy atom. The molecule has 34 heavy (non-hydrogen) atoms. The van der Waals surface area contributed by atoms with Crippen LogP contribution in [-0.2, 0) is 14.4 Å². The molecule has 2 N–H and O–H groups in total. The first-order valence-electron chi connectivity index (χ1n) is 10.6. The SMILES string of the molecule is COc1ccc(N2NOC(=O)/C2=C\C(=NC(=O)c2ccccc2)C(=O)NCCCN(C)C)cc1. The van der Waals surface area contributed by atoms with Gasteiger partial charge in [-0.2, -0.15) is 0 Å². The standard InChI is InChI=1S/C24H27N5O5/c1-28(2)15-7-14-25-23(31)20(26-22(30)17-8-5-4-6-9-17)16-21-24(32)34-27-29(21)18-10-12-19(33-3)13-11-18/h4-6,8-13,16,27H,7,14-15H2,1-3H3,(H,25,31)/b21-16+,26-20?. The van der Waals surface area contributed by atoms with E-state index in [4.69, 9.17) is 9.57 Å². The second-order valence-electron chi connectivity index (χ2n) is 7.62. The number of carbonyl (C=O) groups is 3. The van der Waals surface area contributed by atoms with Gasteiger partial charge >= 0.3 is 5.97 Å². The summed E-state index contributed by atoms with van der Waals surface area (Å²) < 4.78 is 5.16. The van der Waals surface area contributed by atoms with Crippen LogP contribution in [0.5, 0.6) is 5.75 Å². The van der Waals surface area contributed by atoms with E-state index in [9.17, 15) is 14.4 Å². The minimum atomic E-state index is -0.726. The minimum absolute atomic E-state index is 0.00628. The molecule has 0 radical (unpaired) electrons. The molecule has 1 aliphatic rings. The number of benzene rings is 2. The molecule has 10 nitrogen and oxygen atoms in total. The van der Waals surface area contributed by atoms with Crippen molar-refractivity contribution in [1.82, 2.24) is 15.8 Å². The smallest absolute Gasteiger partial charge is 0.376 e. The fourth-order valence-corrected chi connectivity index (χ4v) is 3.05. The van der Waals surface area contributed by atoms with Gasteiger partial charge in [-0.25, -0.2) is 14.8 Å². The van der Waals surface area contributed by atoms with E-state index in [1.807, 2.05) is 19.0 Å². The molecule has 2 aromatic rings. The fraction of sp³-hybridized carbons (Fsp3) is 0.250. The van der Waals surface area contributed by atoms with Gasteiger partial charge in [-0.3, -0.25) is 9.59 Å². The van der Waals surface area contributed by atoms with E-state index in [0.717, 1.165) is 6.54 Å². The molecule has 1 aliphatic heterocycles. The van der Waals surface area contributed by atoms with Crippen molar-refractivity contribution < 1.29 is 24.0 Å². The Hall–Kier alpha value is -4.02. The van der Waals surface area contributed by atoms with Crippen molar-refractivity contribution in [2.75, 3.05) is 39.3 Å². The van der Waals surface area contributed by atoms with Crippen LogP contribution >= 0.6 is 0 Å². The molecule has 0 spiro atoms. The van der Waals surface area contributed by atoms with Crippen molar-refractivity contribution in [2.45, 2.75) is 6.42 Å². The summed E-state index contributed by atoms with van der Waals surface area (Å²) in [6, 6.07) is 15.2. The molecule has 0 saturated carbocycles. The molecule has 1 fully saturated rings. The number of hydrogen-bond donors (Lipinski definition) is 2. The molecular formula is C24H27N5O5. The van der Waals surface area contributed by atoms with Gasteiger partial charge in [-0.15, -0.1) is 0 Å². The molecule has 0 atom stereocenters. The quantitative estimate of drug-likeness (QED) is 0.327. The zero-order valence-electron chi connectivity index (χ0n) is 19.3. The summed E-state index contributed by atoms with van der Waals surface area (Å²) in [6.07, 6.45) is 1.94. The Morgan fingerprint density at radius 2 is 1.85 bits per heavy atom. The number of hydrogen-bond acceptors (Lipinski definition) is 8. The first-order valence-corrected chi connectivity index (χ1v) is 10.6. The van der Waals surface area contributed by atoms with Crippen LogP contribution in [0.15, 0.2) is 71.4 Å². The Bertz CT molecular complexity index is 1080. The number of amides is 2. The van der Waals surface area contributed by atoms with E-state index in [0.29, 0.717) is 30.0 Å². The Balaban J connectivity index is 1.91. The van der Waals surface area contributed by atoms with Crippen molar-refractivity contribution in [2.24, 2.45) is 4.99 Å².